The number of halogens is 1. The molecule has 7 heteroatoms. The minimum absolute atomic E-state index is 0.0511. The minimum atomic E-state index is -1.06. The fraction of sp³-hybridized carbons (Fsp3) is 0.462. The molecule has 1 aromatic rings. The van der Waals surface area contributed by atoms with E-state index in [1.54, 1.807) is 36.9 Å². The second-order valence-corrected chi connectivity index (χ2v) is 6.18. The second-order valence-electron chi connectivity index (χ2n) is 5.27. The van der Waals surface area contributed by atoms with E-state index in [0.29, 0.717) is 23.4 Å². The van der Waals surface area contributed by atoms with Gasteiger partial charge in [-0.15, -0.1) is 0 Å². The van der Waals surface area contributed by atoms with Crippen LogP contribution in [0.5, 0.6) is 0 Å². The van der Waals surface area contributed by atoms with Crippen molar-refractivity contribution in [2.75, 3.05) is 25.0 Å². The summed E-state index contributed by atoms with van der Waals surface area (Å²) in [6.07, 6.45) is 1.54. The molecule has 0 aromatic carbocycles. The molecule has 1 aliphatic rings. The van der Waals surface area contributed by atoms with Crippen molar-refractivity contribution in [2.24, 2.45) is 0 Å². The predicted molar refractivity (Wildman–Crippen MR) is 78.0 cm³/mol. The van der Waals surface area contributed by atoms with Gasteiger partial charge < -0.3 is 14.9 Å². The maximum Gasteiger partial charge on any atom is 0.339 e. The van der Waals surface area contributed by atoms with Crippen LogP contribution in [0.15, 0.2) is 16.7 Å². The Hall–Kier alpha value is -1.63. The standard InChI is InChI=1S/C13H16BrN3O3/c1-13(2)12(20)16(3)4-5-17(13)10-9(11(18)19)6-8(14)7-15-10/h6-7H,4-5H2,1-3H3,(H,18,19). The van der Waals surface area contributed by atoms with Crippen LogP contribution in [0.3, 0.4) is 0 Å². The molecule has 20 heavy (non-hydrogen) atoms. The van der Waals surface area contributed by atoms with Gasteiger partial charge in [0.25, 0.3) is 0 Å². The zero-order chi connectivity index (χ0) is 15.1. The lowest BCUT2D eigenvalue weighted by atomic mass is 9.97. The summed E-state index contributed by atoms with van der Waals surface area (Å²) in [5.41, 5.74) is -0.734. The van der Waals surface area contributed by atoms with E-state index in [4.69, 9.17) is 0 Å². The van der Waals surface area contributed by atoms with Crippen LogP contribution in [0, 0.1) is 0 Å². The van der Waals surface area contributed by atoms with Gasteiger partial charge in [0.2, 0.25) is 5.91 Å². The van der Waals surface area contributed by atoms with Crippen LogP contribution in [0.25, 0.3) is 0 Å². The van der Waals surface area contributed by atoms with Crippen LogP contribution >= 0.6 is 15.9 Å². The Balaban J connectivity index is 2.51. The van der Waals surface area contributed by atoms with Gasteiger partial charge >= 0.3 is 5.97 Å². The number of aromatic carboxylic acids is 1. The van der Waals surface area contributed by atoms with Crippen LogP contribution in [0.1, 0.15) is 24.2 Å². The molecule has 1 amide bonds. The highest BCUT2D eigenvalue weighted by Crippen LogP contribution is 2.30. The third-order valence-corrected chi connectivity index (χ3v) is 3.96. The molecule has 2 heterocycles. The second kappa shape index (κ2) is 5.05. The smallest absolute Gasteiger partial charge is 0.339 e. The van der Waals surface area contributed by atoms with Crippen molar-refractivity contribution in [1.82, 2.24) is 9.88 Å². The molecule has 0 radical (unpaired) electrons. The largest absolute Gasteiger partial charge is 0.478 e. The first-order valence-electron chi connectivity index (χ1n) is 6.17. The summed E-state index contributed by atoms with van der Waals surface area (Å²) < 4.78 is 0.594. The molecule has 1 fully saturated rings. The SMILES string of the molecule is CN1CCN(c2ncc(Br)cc2C(=O)O)C(C)(C)C1=O. The van der Waals surface area contributed by atoms with Gasteiger partial charge in [0.05, 0.1) is 0 Å². The first-order chi connectivity index (χ1) is 9.25. The van der Waals surface area contributed by atoms with E-state index in [0.717, 1.165) is 0 Å². The van der Waals surface area contributed by atoms with Gasteiger partial charge in [0.15, 0.2) is 0 Å². The normalized spacial score (nSPS) is 18.3. The van der Waals surface area contributed by atoms with Crippen molar-refractivity contribution in [1.29, 1.82) is 0 Å². The van der Waals surface area contributed by atoms with Crippen LogP contribution in [0.4, 0.5) is 5.82 Å². The highest BCUT2D eigenvalue weighted by atomic mass is 79.9. The number of rotatable bonds is 2. The maximum atomic E-state index is 12.3. The maximum absolute atomic E-state index is 12.3. The molecular weight excluding hydrogens is 326 g/mol. The van der Waals surface area contributed by atoms with Crippen molar-refractivity contribution in [3.05, 3.63) is 22.3 Å². The Bertz CT molecular complexity index is 574. The van der Waals surface area contributed by atoms with E-state index < -0.39 is 11.5 Å². The number of piperazine rings is 1. The number of carbonyl (C=O) groups excluding carboxylic acids is 1. The van der Waals surface area contributed by atoms with Crippen LogP contribution < -0.4 is 4.90 Å². The number of carboxylic acids is 1. The van der Waals surface area contributed by atoms with Gasteiger partial charge in [0.1, 0.15) is 16.9 Å². The molecular formula is C13H16BrN3O3. The average molecular weight is 342 g/mol. The van der Waals surface area contributed by atoms with E-state index in [1.165, 1.54) is 6.07 Å². The number of pyridine rings is 1. The molecule has 0 atom stereocenters. The Labute approximate surface area is 125 Å². The minimum Gasteiger partial charge on any atom is -0.478 e. The quantitative estimate of drug-likeness (QED) is 0.884. The molecule has 0 spiro atoms. The van der Waals surface area contributed by atoms with E-state index in [9.17, 15) is 14.7 Å². The summed E-state index contributed by atoms with van der Waals surface area (Å²) in [5, 5.41) is 9.33. The Morgan fingerprint density at radius 3 is 2.70 bits per heavy atom. The highest BCUT2D eigenvalue weighted by Gasteiger charge is 2.42. The number of amides is 1. The number of hydrogen-bond acceptors (Lipinski definition) is 4. The zero-order valence-electron chi connectivity index (χ0n) is 11.6. The zero-order valence-corrected chi connectivity index (χ0v) is 13.1. The Morgan fingerprint density at radius 1 is 1.45 bits per heavy atom. The van der Waals surface area contributed by atoms with Crippen molar-refractivity contribution < 1.29 is 14.7 Å². The molecule has 1 aromatic heterocycles. The molecule has 2 rings (SSSR count). The Morgan fingerprint density at radius 2 is 2.10 bits per heavy atom. The third-order valence-electron chi connectivity index (χ3n) is 3.52. The van der Waals surface area contributed by atoms with E-state index in [2.05, 4.69) is 20.9 Å². The van der Waals surface area contributed by atoms with Crippen molar-refractivity contribution in [3.8, 4) is 0 Å². The van der Waals surface area contributed by atoms with Crippen LogP contribution in [-0.2, 0) is 4.79 Å². The molecule has 0 aliphatic carbocycles. The predicted octanol–water partition coefficient (Wildman–Crippen LogP) is 1.60. The van der Waals surface area contributed by atoms with E-state index in [1.807, 2.05) is 0 Å². The Kier molecular flexibility index (Phi) is 3.73. The van der Waals surface area contributed by atoms with Crippen molar-refractivity contribution >= 4 is 33.6 Å². The molecule has 0 saturated carbocycles. The lowest BCUT2D eigenvalue weighted by Gasteiger charge is -2.45. The molecule has 0 unspecified atom stereocenters. The summed E-state index contributed by atoms with van der Waals surface area (Å²) in [5.74, 6) is -0.784. The number of hydrogen-bond donors (Lipinski definition) is 1. The molecule has 0 bridgehead atoms. The number of carbonyl (C=O) groups is 2. The van der Waals surface area contributed by atoms with E-state index >= 15 is 0 Å². The third kappa shape index (κ3) is 2.37. The molecule has 108 valence electrons. The monoisotopic (exact) mass is 341 g/mol. The summed E-state index contributed by atoms with van der Waals surface area (Å²) in [6, 6.07) is 1.50. The lowest BCUT2D eigenvalue weighted by Crippen LogP contribution is -2.62. The first-order valence-corrected chi connectivity index (χ1v) is 6.96. The fourth-order valence-corrected chi connectivity index (χ4v) is 2.72. The molecule has 1 saturated heterocycles. The van der Waals surface area contributed by atoms with Gasteiger partial charge in [-0.25, -0.2) is 9.78 Å². The average Bonchev–Trinajstić information content (AvgIpc) is 2.37. The van der Waals surface area contributed by atoms with Crippen LogP contribution in [0.2, 0.25) is 0 Å². The molecule has 1 N–H and O–H groups in total. The summed E-state index contributed by atoms with van der Waals surface area (Å²) in [6.45, 7) is 4.64. The molecule has 1 aliphatic heterocycles. The summed E-state index contributed by atoms with van der Waals surface area (Å²) in [7, 11) is 1.74. The van der Waals surface area contributed by atoms with Crippen LogP contribution in [-0.4, -0.2) is 52.5 Å². The van der Waals surface area contributed by atoms with E-state index in [-0.39, 0.29) is 11.5 Å². The number of nitrogens with zero attached hydrogens (tertiary/aromatic N) is 3. The van der Waals surface area contributed by atoms with Gasteiger partial charge in [-0.3, -0.25) is 4.79 Å². The topological polar surface area (TPSA) is 73.7 Å². The summed E-state index contributed by atoms with van der Waals surface area (Å²) >= 11 is 3.22. The number of anilines is 1. The van der Waals surface area contributed by atoms with Crippen molar-refractivity contribution in [3.63, 3.8) is 0 Å². The first kappa shape index (κ1) is 14.8. The number of aromatic nitrogens is 1. The van der Waals surface area contributed by atoms with Gasteiger partial charge in [-0.1, -0.05) is 0 Å². The number of likely N-dealkylation sites (N-methyl/N-ethyl adjacent to an activating group) is 1. The molecule has 6 nitrogen and oxygen atoms in total. The van der Waals surface area contributed by atoms with Gasteiger partial charge in [0, 0.05) is 30.8 Å². The fourth-order valence-electron chi connectivity index (χ4n) is 2.39. The highest BCUT2D eigenvalue weighted by molar-refractivity contribution is 9.10. The van der Waals surface area contributed by atoms with Gasteiger partial charge in [-0.05, 0) is 35.8 Å². The summed E-state index contributed by atoms with van der Waals surface area (Å²) in [4.78, 5) is 31.3. The van der Waals surface area contributed by atoms with Crippen molar-refractivity contribution in [2.45, 2.75) is 19.4 Å². The lowest BCUT2D eigenvalue weighted by molar-refractivity contribution is -0.136. The van der Waals surface area contributed by atoms with Gasteiger partial charge in [-0.2, -0.15) is 0 Å². The number of carboxylic acid groups (broad SMARTS) is 1.